The van der Waals surface area contributed by atoms with Gasteiger partial charge >= 0.3 is 0 Å². The Bertz CT molecular complexity index is 1610. The normalized spacial score (nSPS) is 18.1. The van der Waals surface area contributed by atoms with E-state index in [2.05, 4.69) is 67.8 Å². The van der Waals surface area contributed by atoms with Gasteiger partial charge in [-0.2, -0.15) is 0 Å². The molecular weight excluding hydrogens is 1110 g/mol. The molecule has 0 aromatic rings. The fourth-order valence-corrected chi connectivity index (χ4v) is 12.7. The van der Waals surface area contributed by atoms with Crippen molar-refractivity contribution in [3.63, 3.8) is 0 Å². The number of hydrogen-bond acceptors (Lipinski definition) is 8. The minimum Gasteiger partial charge on any atom is -0.394 e. The highest BCUT2D eigenvalue weighted by Gasteiger charge is 2.44. The molecular formula is C81H151NO8. The minimum atomic E-state index is -1.57. The van der Waals surface area contributed by atoms with Gasteiger partial charge < -0.3 is 40.3 Å². The Kier molecular flexibility index (Phi) is 66.5. The van der Waals surface area contributed by atoms with Gasteiger partial charge in [0.1, 0.15) is 24.4 Å². The molecule has 1 aliphatic rings. The monoisotopic (exact) mass is 1270 g/mol. The highest BCUT2D eigenvalue weighted by Crippen LogP contribution is 2.24. The quantitative estimate of drug-likeness (QED) is 0.0261. The summed E-state index contributed by atoms with van der Waals surface area (Å²) in [5.41, 5.74) is 0. The molecule has 9 heteroatoms. The van der Waals surface area contributed by atoms with Crippen LogP contribution in [0.3, 0.4) is 0 Å². The first-order valence-corrected chi connectivity index (χ1v) is 39.5. The molecule has 1 amide bonds. The number of aliphatic hydroxyl groups is 5. The van der Waals surface area contributed by atoms with Gasteiger partial charge in [-0.1, -0.05) is 389 Å². The van der Waals surface area contributed by atoms with Gasteiger partial charge in [-0.3, -0.25) is 4.79 Å². The van der Waals surface area contributed by atoms with Crippen molar-refractivity contribution in [2.75, 3.05) is 13.2 Å². The zero-order valence-corrected chi connectivity index (χ0v) is 59.4. The van der Waals surface area contributed by atoms with Crippen LogP contribution in [0.25, 0.3) is 0 Å². The average Bonchev–Trinajstić information content (AvgIpc) is 2.75. The molecule has 0 aliphatic carbocycles. The minimum absolute atomic E-state index is 0.168. The second-order valence-electron chi connectivity index (χ2n) is 27.5. The van der Waals surface area contributed by atoms with Crippen molar-refractivity contribution in [1.82, 2.24) is 5.32 Å². The number of aliphatic hydroxyl groups excluding tert-OH is 5. The topological polar surface area (TPSA) is 149 Å². The molecule has 90 heavy (non-hydrogen) atoms. The number of hydrogen-bond donors (Lipinski definition) is 6. The molecule has 1 rings (SSSR count). The Morgan fingerprint density at radius 3 is 1.02 bits per heavy atom. The SMILES string of the molecule is CC/C=C\C/C=C\C/C=C\C/C=C\CCCCCCCCCCCCCCCCCCCCCCCCCCCCC(=O)NC(COC1OC(CO)C(O)C(O)C1O)C(O)/C=C/CCCCCCCCCCCCCCCCCCCCCCCCCCCC. The Balaban J connectivity index is 2.05. The van der Waals surface area contributed by atoms with Gasteiger partial charge in [0.05, 0.1) is 25.4 Å². The zero-order valence-electron chi connectivity index (χ0n) is 59.4. The van der Waals surface area contributed by atoms with E-state index in [1.807, 2.05) is 6.08 Å². The number of carbonyl (C=O) groups is 1. The number of carbonyl (C=O) groups excluding carboxylic acids is 1. The molecule has 1 heterocycles. The van der Waals surface area contributed by atoms with Crippen LogP contribution < -0.4 is 5.32 Å². The summed E-state index contributed by atoms with van der Waals surface area (Å²) in [6, 6.07) is -0.806. The lowest BCUT2D eigenvalue weighted by Crippen LogP contribution is -2.60. The van der Waals surface area contributed by atoms with Gasteiger partial charge in [0, 0.05) is 6.42 Å². The summed E-state index contributed by atoms with van der Waals surface area (Å²) in [4.78, 5) is 13.2. The standard InChI is InChI=1S/C81H151NO8/c1-3-5-7-9-11-13-15-17-19-21-23-25-27-29-31-33-34-35-36-37-38-39-40-41-42-43-45-47-49-51-53-55-57-59-61-63-65-67-69-71-77(85)82-74(73-89-81-80(88)79(87)78(86)76(72-83)90-81)75(84)70-68-66-64-62-60-58-56-54-52-50-48-46-44-32-30-28-26-24-22-20-18-16-14-12-10-8-6-4-2/h5,7,11,13,17,19,23,25,68,70,74-76,78-81,83-84,86-88H,3-4,6,8-10,12,14-16,18,20-22,24,26-67,69,71-73H2,1-2H3,(H,82,85)/b7-5-,13-11-,19-17-,25-23-,70-68+. The molecule has 1 saturated heterocycles. The van der Waals surface area contributed by atoms with Crippen LogP contribution >= 0.6 is 0 Å². The molecule has 0 spiro atoms. The third-order valence-corrected chi connectivity index (χ3v) is 18.8. The molecule has 0 radical (unpaired) electrons. The van der Waals surface area contributed by atoms with Crippen LogP contribution in [-0.2, 0) is 14.3 Å². The Morgan fingerprint density at radius 2 is 0.689 bits per heavy atom. The molecule has 1 fully saturated rings. The summed E-state index contributed by atoms with van der Waals surface area (Å²) >= 11 is 0. The van der Waals surface area contributed by atoms with Crippen LogP contribution in [0.15, 0.2) is 60.8 Å². The predicted octanol–water partition coefficient (Wildman–Crippen LogP) is 22.5. The summed E-state index contributed by atoms with van der Waals surface area (Å²) in [6.45, 7) is 3.72. The van der Waals surface area contributed by atoms with Crippen molar-refractivity contribution in [3.8, 4) is 0 Å². The van der Waals surface area contributed by atoms with Gasteiger partial charge in [0.25, 0.3) is 0 Å². The van der Waals surface area contributed by atoms with E-state index in [1.165, 1.54) is 308 Å². The van der Waals surface area contributed by atoms with E-state index in [1.54, 1.807) is 6.08 Å². The molecule has 6 N–H and O–H groups in total. The maximum Gasteiger partial charge on any atom is 0.220 e. The molecule has 9 nitrogen and oxygen atoms in total. The van der Waals surface area contributed by atoms with Gasteiger partial charge in [0.15, 0.2) is 6.29 Å². The summed E-state index contributed by atoms with van der Waals surface area (Å²) in [5.74, 6) is -0.168. The van der Waals surface area contributed by atoms with E-state index < -0.39 is 49.5 Å². The first-order chi connectivity index (χ1) is 44.3. The van der Waals surface area contributed by atoms with E-state index in [9.17, 15) is 30.3 Å². The second-order valence-corrected chi connectivity index (χ2v) is 27.5. The fourth-order valence-electron chi connectivity index (χ4n) is 12.7. The van der Waals surface area contributed by atoms with Crippen LogP contribution in [0.2, 0.25) is 0 Å². The zero-order chi connectivity index (χ0) is 64.9. The molecule has 0 bridgehead atoms. The Hall–Kier alpha value is -2.11. The molecule has 528 valence electrons. The number of unbranched alkanes of at least 4 members (excludes halogenated alkanes) is 52. The fraction of sp³-hybridized carbons (Fsp3) is 0.864. The van der Waals surface area contributed by atoms with Gasteiger partial charge in [-0.15, -0.1) is 0 Å². The van der Waals surface area contributed by atoms with Crippen molar-refractivity contribution in [2.24, 2.45) is 0 Å². The first kappa shape index (κ1) is 85.9. The summed E-state index contributed by atoms with van der Waals surface area (Å²) in [6.07, 6.45) is 90.8. The highest BCUT2D eigenvalue weighted by atomic mass is 16.7. The van der Waals surface area contributed by atoms with Gasteiger partial charge in [-0.25, -0.2) is 0 Å². The molecule has 7 unspecified atom stereocenters. The van der Waals surface area contributed by atoms with Gasteiger partial charge in [-0.05, 0) is 57.8 Å². The predicted molar refractivity (Wildman–Crippen MR) is 387 cm³/mol. The van der Waals surface area contributed by atoms with E-state index in [-0.39, 0.29) is 12.5 Å². The number of amides is 1. The maximum absolute atomic E-state index is 13.2. The van der Waals surface area contributed by atoms with E-state index >= 15 is 0 Å². The Morgan fingerprint density at radius 1 is 0.389 bits per heavy atom. The van der Waals surface area contributed by atoms with Crippen LogP contribution in [0.4, 0.5) is 0 Å². The largest absolute Gasteiger partial charge is 0.394 e. The van der Waals surface area contributed by atoms with Crippen LogP contribution in [0, 0.1) is 0 Å². The van der Waals surface area contributed by atoms with Crippen LogP contribution in [-0.4, -0.2) is 87.5 Å². The number of rotatable bonds is 70. The summed E-state index contributed by atoms with van der Waals surface area (Å²) in [5, 5.41) is 54.9. The molecule has 7 atom stereocenters. The highest BCUT2D eigenvalue weighted by molar-refractivity contribution is 5.76. The van der Waals surface area contributed by atoms with Crippen LogP contribution in [0.5, 0.6) is 0 Å². The molecule has 0 saturated carbocycles. The third kappa shape index (κ3) is 57.3. The van der Waals surface area contributed by atoms with Crippen molar-refractivity contribution in [2.45, 2.75) is 436 Å². The van der Waals surface area contributed by atoms with Crippen LogP contribution in [0.1, 0.15) is 393 Å². The second kappa shape index (κ2) is 69.7. The number of ether oxygens (including phenoxy) is 2. The average molecular weight is 1270 g/mol. The van der Waals surface area contributed by atoms with E-state index in [0.29, 0.717) is 6.42 Å². The lowest BCUT2D eigenvalue weighted by Gasteiger charge is -2.40. The lowest BCUT2D eigenvalue weighted by molar-refractivity contribution is -0.302. The lowest BCUT2D eigenvalue weighted by atomic mass is 9.99. The Labute approximate surface area is 557 Å². The van der Waals surface area contributed by atoms with E-state index in [0.717, 1.165) is 64.2 Å². The summed E-state index contributed by atoms with van der Waals surface area (Å²) < 4.78 is 11.3. The number of nitrogens with one attached hydrogen (secondary N) is 1. The smallest absolute Gasteiger partial charge is 0.220 e. The van der Waals surface area contributed by atoms with Gasteiger partial charge in [0.2, 0.25) is 5.91 Å². The maximum atomic E-state index is 13.2. The van der Waals surface area contributed by atoms with Crippen molar-refractivity contribution < 1.29 is 39.8 Å². The number of allylic oxidation sites excluding steroid dienone is 9. The molecule has 0 aromatic heterocycles. The third-order valence-electron chi connectivity index (χ3n) is 18.8. The van der Waals surface area contributed by atoms with Crippen molar-refractivity contribution >= 4 is 5.91 Å². The first-order valence-electron chi connectivity index (χ1n) is 39.5. The van der Waals surface area contributed by atoms with Crippen molar-refractivity contribution in [1.29, 1.82) is 0 Å². The molecule has 1 aliphatic heterocycles. The van der Waals surface area contributed by atoms with Crippen molar-refractivity contribution in [3.05, 3.63) is 60.8 Å². The summed E-state index contributed by atoms with van der Waals surface area (Å²) in [7, 11) is 0. The van der Waals surface area contributed by atoms with E-state index in [4.69, 9.17) is 9.47 Å². The molecule has 0 aromatic carbocycles.